The van der Waals surface area contributed by atoms with Crippen LogP contribution < -0.4 is 9.47 Å². The van der Waals surface area contributed by atoms with Crippen LogP contribution in [0.15, 0.2) is 24.4 Å². The summed E-state index contributed by atoms with van der Waals surface area (Å²) in [6, 6.07) is 4.61. The standard InChI is InChI=1S/C16H18FN3O3S/c1-22-16-7-14-12(6-13(16)17)15(2-4-19-14)23-9-11-3-5-20(8-11)24(21)10-18/h2,4,6-7,10-11,18H,3,5,8-9H2,1H3/t11-,24?/m1/s1. The van der Waals surface area contributed by atoms with Crippen molar-refractivity contribution in [3.63, 3.8) is 0 Å². The number of nitrogens with zero attached hydrogens (tertiary/aromatic N) is 2. The molecule has 8 heteroatoms. The number of hydrogen-bond acceptors (Lipinski definition) is 5. The van der Waals surface area contributed by atoms with Crippen molar-refractivity contribution in [3.05, 3.63) is 30.2 Å². The fraction of sp³-hybridized carbons (Fsp3) is 0.375. The van der Waals surface area contributed by atoms with E-state index in [9.17, 15) is 8.60 Å². The first kappa shape index (κ1) is 16.8. The molecule has 2 aromatic rings. The maximum atomic E-state index is 14.0. The van der Waals surface area contributed by atoms with Crippen LogP contribution in [0.1, 0.15) is 6.42 Å². The molecule has 1 saturated heterocycles. The summed E-state index contributed by atoms with van der Waals surface area (Å²) in [6.07, 6.45) is 2.46. The Balaban J connectivity index is 1.73. The first-order valence-corrected chi connectivity index (χ1v) is 8.70. The van der Waals surface area contributed by atoms with Gasteiger partial charge in [-0.2, -0.15) is 0 Å². The van der Waals surface area contributed by atoms with Crippen molar-refractivity contribution in [2.24, 2.45) is 5.92 Å². The molecule has 2 atom stereocenters. The average Bonchev–Trinajstić information content (AvgIpc) is 3.07. The monoisotopic (exact) mass is 351 g/mol. The molecular weight excluding hydrogens is 333 g/mol. The summed E-state index contributed by atoms with van der Waals surface area (Å²) in [7, 11) is 0.0571. The molecule has 0 spiro atoms. The second-order valence-electron chi connectivity index (χ2n) is 5.56. The Morgan fingerprint density at radius 2 is 2.33 bits per heavy atom. The van der Waals surface area contributed by atoms with Gasteiger partial charge in [-0.05, 0) is 18.6 Å². The molecule has 1 aliphatic rings. The average molecular weight is 351 g/mol. The van der Waals surface area contributed by atoms with Crippen molar-refractivity contribution >= 4 is 27.4 Å². The summed E-state index contributed by atoms with van der Waals surface area (Å²) < 4.78 is 38.1. The highest BCUT2D eigenvalue weighted by molar-refractivity contribution is 7.96. The first-order chi connectivity index (χ1) is 11.6. The number of nitrogens with one attached hydrogen (secondary N) is 1. The van der Waals surface area contributed by atoms with Crippen molar-refractivity contribution in [2.75, 3.05) is 26.8 Å². The molecule has 0 bridgehead atoms. The van der Waals surface area contributed by atoms with Crippen LogP contribution in [-0.2, 0) is 11.0 Å². The van der Waals surface area contributed by atoms with E-state index < -0.39 is 16.8 Å². The zero-order valence-electron chi connectivity index (χ0n) is 13.2. The Bertz CT molecular complexity index is 786. The van der Waals surface area contributed by atoms with Gasteiger partial charge < -0.3 is 9.47 Å². The number of aromatic nitrogens is 1. The van der Waals surface area contributed by atoms with Gasteiger partial charge in [-0.15, -0.1) is 0 Å². The van der Waals surface area contributed by atoms with E-state index in [0.717, 1.165) is 12.0 Å². The maximum absolute atomic E-state index is 14.0. The van der Waals surface area contributed by atoms with E-state index in [1.54, 1.807) is 22.6 Å². The minimum atomic E-state index is -1.35. The van der Waals surface area contributed by atoms with Gasteiger partial charge in [0.05, 0.1) is 24.8 Å². The smallest absolute Gasteiger partial charge is 0.165 e. The summed E-state index contributed by atoms with van der Waals surface area (Å²) in [5.74, 6) is 0.470. The molecule has 0 aliphatic carbocycles. The third-order valence-electron chi connectivity index (χ3n) is 4.05. The topological polar surface area (TPSA) is 75.5 Å². The molecule has 24 heavy (non-hydrogen) atoms. The molecule has 1 aromatic heterocycles. The highest BCUT2D eigenvalue weighted by Crippen LogP contribution is 2.30. The van der Waals surface area contributed by atoms with Gasteiger partial charge in [0, 0.05) is 36.7 Å². The summed E-state index contributed by atoms with van der Waals surface area (Å²) in [5, 5.41) is 7.66. The van der Waals surface area contributed by atoms with Gasteiger partial charge in [0.1, 0.15) is 16.7 Å². The SMILES string of the molecule is COc1cc2nccc(OC[C@@H]3CCN(S(=O)C=N)C3)c2cc1F. The number of rotatable bonds is 6. The van der Waals surface area contributed by atoms with Crippen LogP contribution in [0.5, 0.6) is 11.5 Å². The molecule has 128 valence electrons. The lowest BCUT2D eigenvalue weighted by Crippen LogP contribution is -2.25. The van der Waals surface area contributed by atoms with Gasteiger partial charge in [-0.1, -0.05) is 0 Å². The lowest BCUT2D eigenvalue weighted by atomic mass is 10.1. The Labute approximate surface area is 141 Å². The van der Waals surface area contributed by atoms with E-state index in [1.165, 1.54) is 13.2 Å². The van der Waals surface area contributed by atoms with Crippen LogP contribution in [0.4, 0.5) is 4.39 Å². The number of benzene rings is 1. The number of fused-ring (bicyclic) bond motifs is 1. The third-order valence-corrected chi connectivity index (χ3v) is 5.10. The minimum absolute atomic E-state index is 0.146. The number of pyridine rings is 1. The van der Waals surface area contributed by atoms with Crippen molar-refractivity contribution in [3.8, 4) is 11.5 Å². The quantitative estimate of drug-likeness (QED) is 0.640. The predicted molar refractivity (Wildman–Crippen MR) is 90.4 cm³/mol. The van der Waals surface area contributed by atoms with Gasteiger partial charge in [-0.25, -0.2) is 12.9 Å². The Morgan fingerprint density at radius 3 is 3.08 bits per heavy atom. The molecule has 3 rings (SSSR count). The van der Waals surface area contributed by atoms with Crippen molar-refractivity contribution in [1.29, 1.82) is 5.41 Å². The van der Waals surface area contributed by atoms with Gasteiger partial charge in [0.25, 0.3) is 0 Å². The zero-order valence-corrected chi connectivity index (χ0v) is 14.0. The van der Waals surface area contributed by atoms with Crippen LogP contribution in [0.25, 0.3) is 10.9 Å². The van der Waals surface area contributed by atoms with Crippen molar-refractivity contribution < 1.29 is 18.1 Å². The number of halogens is 1. The summed E-state index contributed by atoms with van der Waals surface area (Å²) in [5.41, 5.74) is 1.54. The van der Waals surface area contributed by atoms with E-state index in [0.29, 0.717) is 36.3 Å². The van der Waals surface area contributed by atoms with Crippen LogP contribution in [0.2, 0.25) is 0 Å². The maximum Gasteiger partial charge on any atom is 0.165 e. The molecule has 1 aromatic carbocycles. The lowest BCUT2D eigenvalue weighted by molar-refractivity contribution is 0.258. The fourth-order valence-electron chi connectivity index (χ4n) is 2.78. The number of ether oxygens (including phenoxy) is 2. The zero-order chi connectivity index (χ0) is 17.1. The van der Waals surface area contributed by atoms with E-state index in [4.69, 9.17) is 14.9 Å². The molecule has 1 fully saturated rings. The lowest BCUT2D eigenvalue weighted by Gasteiger charge is -2.14. The fourth-order valence-corrected chi connectivity index (χ4v) is 3.58. The Kier molecular flexibility index (Phi) is 5.06. The number of methoxy groups -OCH3 is 1. The molecule has 1 unspecified atom stereocenters. The second kappa shape index (κ2) is 7.23. The van der Waals surface area contributed by atoms with Crippen LogP contribution in [0.3, 0.4) is 0 Å². The molecule has 1 aliphatic heterocycles. The Hall–Kier alpha value is -2.06. The summed E-state index contributed by atoms with van der Waals surface area (Å²) in [4.78, 5) is 4.22. The van der Waals surface area contributed by atoms with Gasteiger partial charge in [0.2, 0.25) is 0 Å². The van der Waals surface area contributed by atoms with E-state index in [-0.39, 0.29) is 11.7 Å². The van der Waals surface area contributed by atoms with Gasteiger partial charge in [0.15, 0.2) is 11.6 Å². The highest BCUT2D eigenvalue weighted by Gasteiger charge is 2.26. The molecule has 1 N–H and O–H groups in total. The molecular formula is C16H18FN3O3S. The molecule has 6 nitrogen and oxygen atoms in total. The molecule has 0 amide bonds. The van der Waals surface area contributed by atoms with Gasteiger partial charge >= 0.3 is 0 Å². The number of hydrogen-bond donors (Lipinski definition) is 1. The summed E-state index contributed by atoms with van der Waals surface area (Å²) >= 11 is 0. The van der Waals surface area contributed by atoms with Crippen LogP contribution >= 0.6 is 0 Å². The minimum Gasteiger partial charge on any atom is -0.494 e. The van der Waals surface area contributed by atoms with Crippen molar-refractivity contribution in [2.45, 2.75) is 6.42 Å². The second-order valence-corrected chi connectivity index (χ2v) is 6.87. The normalized spacial score (nSPS) is 19.3. The third kappa shape index (κ3) is 3.39. The first-order valence-electron chi connectivity index (χ1n) is 7.53. The molecule has 2 heterocycles. The van der Waals surface area contributed by atoms with Crippen molar-refractivity contribution in [1.82, 2.24) is 9.29 Å². The largest absolute Gasteiger partial charge is 0.494 e. The van der Waals surface area contributed by atoms with Crippen LogP contribution in [-0.4, -0.2) is 45.9 Å². The van der Waals surface area contributed by atoms with E-state index in [2.05, 4.69) is 4.98 Å². The predicted octanol–water partition coefficient (Wildman–Crippen LogP) is 2.35. The van der Waals surface area contributed by atoms with Gasteiger partial charge in [-0.3, -0.25) is 10.4 Å². The Morgan fingerprint density at radius 1 is 1.50 bits per heavy atom. The van der Waals surface area contributed by atoms with E-state index in [1.807, 2.05) is 0 Å². The van der Waals surface area contributed by atoms with Crippen LogP contribution in [0, 0.1) is 17.1 Å². The van der Waals surface area contributed by atoms with E-state index >= 15 is 0 Å². The summed E-state index contributed by atoms with van der Waals surface area (Å²) in [6.45, 7) is 1.74. The molecule has 0 radical (unpaired) electrons. The highest BCUT2D eigenvalue weighted by atomic mass is 32.2. The molecule has 0 saturated carbocycles.